The van der Waals surface area contributed by atoms with Gasteiger partial charge >= 0.3 is 0 Å². The molecule has 0 fully saturated rings. The van der Waals surface area contributed by atoms with Gasteiger partial charge in [0.2, 0.25) is 0 Å². The second-order valence-electron chi connectivity index (χ2n) is 7.08. The van der Waals surface area contributed by atoms with E-state index in [0.717, 1.165) is 30.5 Å². The number of nitrogens with zero attached hydrogens (tertiary/aromatic N) is 2. The summed E-state index contributed by atoms with van der Waals surface area (Å²) < 4.78 is 27.8. The minimum Gasteiger partial charge on any atom is -0.379 e. The Labute approximate surface area is 163 Å². The lowest BCUT2D eigenvalue weighted by atomic mass is 10.0. The van der Waals surface area contributed by atoms with Crippen LogP contribution in [0.4, 0.5) is 14.5 Å². The third kappa shape index (κ3) is 3.06. The molecule has 1 aliphatic rings. The molecule has 2 aromatic heterocycles. The number of H-pyrrole nitrogens is 2. The third-order valence-corrected chi connectivity index (χ3v) is 5.13. The van der Waals surface area contributed by atoms with Crippen LogP contribution in [-0.4, -0.2) is 33.8 Å². The number of imidazole rings is 1. The van der Waals surface area contributed by atoms with Crippen LogP contribution in [0.15, 0.2) is 46.2 Å². The number of nitrogens with one attached hydrogen (secondary N) is 3. The Kier molecular flexibility index (Phi) is 4.12. The van der Waals surface area contributed by atoms with Gasteiger partial charge in [-0.25, -0.2) is 13.8 Å². The number of benzene rings is 2. The van der Waals surface area contributed by atoms with Gasteiger partial charge in [-0.2, -0.15) is 0 Å². The molecule has 0 bridgehead atoms. The van der Waals surface area contributed by atoms with Crippen molar-refractivity contribution < 1.29 is 8.78 Å². The first kappa shape index (κ1) is 17.5. The Morgan fingerprint density at radius 3 is 2.69 bits per heavy atom. The Balaban J connectivity index is 1.77. The zero-order chi connectivity index (χ0) is 20.0. The van der Waals surface area contributed by atoms with Crippen molar-refractivity contribution in [1.29, 1.82) is 0 Å². The molecule has 1 aliphatic heterocycles. The molecule has 4 aromatic rings. The summed E-state index contributed by atoms with van der Waals surface area (Å²) in [5, 5.41) is 3.72. The number of hydrogen-bond donors (Lipinski definition) is 3. The summed E-state index contributed by atoms with van der Waals surface area (Å²) in [7, 11) is 0. The Morgan fingerprint density at radius 2 is 1.90 bits per heavy atom. The number of halogens is 2. The van der Waals surface area contributed by atoms with Crippen LogP contribution in [0.3, 0.4) is 0 Å². The van der Waals surface area contributed by atoms with Gasteiger partial charge in [0, 0.05) is 17.5 Å². The molecule has 0 unspecified atom stereocenters. The summed E-state index contributed by atoms with van der Waals surface area (Å²) in [6.45, 7) is 0.539. The average Bonchev–Trinajstić information content (AvgIpc) is 3.14. The average molecular weight is 393 g/mol. The van der Waals surface area contributed by atoms with Crippen LogP contribution in [0.25, 0.3) is 33.3 Å². The maximum absolute atomic E-state index is 14.1. The maximum atomic E-state index is 14.1. The molecule has 2 aromatic carbocycles. The fourth-order valence-electron chi connectivity index (χ4n) is 3.72. The molecule has 0 spiro atoms. The smallest absolute Gasteiger partial charge is 0.261 e. The summed E-state index contributed by atoms with van der Waals surface area (Å²) in [5.41, 5.74) is 1.94. The van der Waals surface area contributed by atoms with Crippen molar-refractivity contribution in [2.75, 3.05) is 11.9 Å². The first-order valence-corrected chi connectivity index (χ1v) is 9.35. The number of para-hydroxylation sites is 2. The molecule has 0 aliphatic carbocycles. The summed E-state index contributed by atoms with van der Waals surface area (Å²) in [6, 6.07) is 9.49. The van der Waals surface area contributed by atoms with E-state index in [1.807, 2.05) is 30.5 Å². The summed E-state index contributed by atoms with van der Waals surface area (Å²) in [5.74, 6) is -1.64. The number of pyridine rings is 1. The molecule has 1 atom stereocenters. The zero-order valence-electron chi connectivity index (χ0n) is 15.3. The molecule has 3 heterocycles. The molecular weight excluding hydrogens is 376 g/mol. The Morgan fingerprint density at radius 1 is 1.07 bits per heavy atom. The predicted octanol–water partition coefficient (Wildman–Crippen LogP) is 3.99. The minimum atomic E-state index is -1.02. The summed E-state index contributed by atoms with van der Waals surface area (Å²) in [6.07, 6.45) is 3.49. The van der Waals surface area contributed by atoms with E-state index < -0.39 is 17.2 Å². The van der Waals surface area contributed by atoms with Gasteiger partial charge in [-0.15, -0.1) is 0 Å². The quantitative estimate of drug-likeness (QED) is 0.492. The van der Waals surface area contributed by atoms with E-state index >= 15 is 0 Å². The van der Waals surface area contributed by atoms with Crippen LogP contribution < -0.4 is 10.9 Å². The molecule has 5 rings (SSSR count). The van der Waals surface area contributed by atoms with E-state index in [1.165, 1.54) is 0 Å². The minimum absolute atomic E-state index is 0.0266. The SMILES string of the molecule is O=c1[nH]c2cc(F)c(F)cc2c(N[C@H]2CCC=NC2)c1-c1nc2ccccc2[nH]1. The predicted molar refractivity (Wildman–Crippen MR) is 110 cm³/mol. The van der Waals surface area contributed by atoms with E-state index in [-0.39, 0.29) is 17.1 Å². The highest BCUT2D eigenvalue weighted by atomic mass is 19.2. The third-order valence-electron chi connectivity index (χ3n) is 5.13. The zero-order valence-corrected chi connectivity index (χ0v) is 15.3. The Hall–Kier alpha value is -3.55. The number of hydrogen-bond acceptors (Lipinski definition) is 4. The molecule has 0 radical (unpaired) electrons. The Bertz CT molecular complexity index is 1290. The van der Waals surface area contributed by atoms with Crippen molar-refractivity contribution in [2.45, 2.75) is 18.9 Å². The highest BCUT2D eigenvalue weighted by Crippen LogP contribution is 2.33. The van der Waals surface area contributed by atoms with Crippen LogP contribution in [-0.2, 0) is 0 Å². The van der Waals surface area contributed by atoms with Gasteiger partial charge in [-0.05, 0) is 37.3 Å². The fourth-order valence-corrected chi connectivity index (χ4v) is 3.72. The van der Waals surface area contributed by atoms with Crippen molar-refractivity contribution >= 4 is 33.8 Å². The first-order chi connectivity index (χ1) is 14.1. The van der Waals surface area contributed by atoms with E-state index in [0.29, 0.717) is 29.0 Å². The number of fused-ring (bicyclic) bond motifs is 2. The molecule has 3 N–H and O–H groups in total. The van der Waals surface area contributed by atoms with Crippen molar-refractivity contribution in [3.63, 3.8) is 0 Å². The molecule has 0 amide bonds. The van der Waals surface area contributed by atoms with Crippen LogP contribution in [0.5, 0.6) is 0 Å². The molecule has 6 nitrogen and oxygen atoms in total. The van der Waals surface area contributed by atoms with E-state index in [9.17, 15) is 13.6 Å². The fraction of sp³-hybridized carbons (Fsp3) is 0.190. The van der Waals surface area contributed by atoms with E-state index in [2.05, 4.69) is 25.3 Å². The highest BCUT2D eigenvalue weighted by Gasteiger charge is 2.22. The number of aromatic amines is 2. The molecule has 8 heteroatoms. The van der Waals surface area contributed by atoms with Crippen LogP contribution in [0.1, 0.15) is 12.8 Å². The summed E-state index contributed by atoms with van der Waals surface area (Å²) in [4.78, 5) is 27.6. The lowest BCUT2D eigenvalue weighted by Gasteiger charge is -2.22. The molecule has 0 saturated carbocycles. The largest absolute Gasteiger partial charge is 0.379 e. The normalized spacial score (nSPS) is 16.6. The van der Waals surface area contributed by atoms with Crippen molar-refractivity contribution in [3.8, 4) is 11.4 Å². The van der Waals surface area contributed by atoms with Crippen molar-refractivity contribution in [2.24, 2.45) is 4.99 Å². The maximum Gasteiger partial charge on any atom is 0.261 e. The molecule has 29 heavy (non-hydrogen) atoms. The van der Waals surface area contributed by atoms with Crippen LogP contribution >= 0.6 is 0 Å². The highest BCUT2D eigenvalue weighted by molar-refractivity contribution is 5.99. The number of rotatable bonds is 3. The first-order valence-electron chi connectivity index (χ1n) is 9.35. The number of aromatic nitrogens is 3. The van der Waals surface area contributed by atoms with Gasteiger partial charge in [-0.3, -0.25) is 9.79 Å². The van der Waals surface area contributed by atoms with Gasteiger partial charge in [-0.1, -0.05) is 12.1 Å². The van der Waals surface area contributed by atoms with Gasteiger partial charge in [0.1, 0.15) is 11.4 Å². The second kappa shape index (κ2) is 6.80. The number of aliphatic imine (C=N–C) groups is 1. The molecule has 0 saturated heterocycles. The number of anilines is 1. The lowest BCUT2D eigenvalue weighted by Crippen LogP contribution is -2.27. The van der Waals surface area contributed by atoms with Gasteiger partial charge in [0.05, 0.1) is 28.8 Å². The summed E-state index contributed by atoms with van der Waals surface area (Å²) >= 11 is 0. The molecular formula is C21H17F2N5O. The van der Waals surface area contributed by atoms with Crippen molar-refractivity contribution in [3.05, 3.63) is 58.4 Å². The monoisotopic (exact) mass is 393 g/mol. The second-order valence-corrected chi connectivity index (χ2v) is 7.08. The van der Waals surface area contributed by atoms with Crippen LogP contribution in [0.2, 0.25) is 0 Å². The topological polar surface area (TPSA) is 85.9 Å². The van der Waals surface area contributed by atoms with Gasteiger partial charge in [0.25, 0.3) is 5.56 Å². The molecule has 146 valence electrons. The van der Waals surface area contributed by atoms with Gasteiger partial charge < -0.3 is 15.3 Å². The standard InChI is InChI=1S/C21H17F2N5O/c22-13-8-12-17(9-14(13)23)28-21(29)18(19(12)25-11-4-3-7-24-10-11)20-26-15-5-1-2-6-16(15)27-20/h1-2,5-9,11H,3-4,10H2,(H,26,27)(H2,25,28,29)/t11-/m0/s1. The van der Waals surface area contributed by atoms with Gasteiger partial charge in [0.15, 0.2) is 11.6 Å². The van der Waals surface area contributed by atoms with E-state index in [4.69, 9.17) is 0 Å². The van der Waals surface area contributed by atoms with E-state index in [1.54, 1.807) is 0 Å². The van der Waals surface area contributed by atoms with Crippen LogP contribution in [0, 0.1) is 11.6 Å². The van der Waals surface area contributed by atoms with Crippen molar-refractivity contribution in [1.82, 2.24) is 15.0 Å². The lowest BCUT2D eigenvalue weighted by molar-refractivity contribution is 0.510.